The summed E-state index contributed by atoms with van der Waals surface area (Å²) in [6.07, 6.45) is 0. The van der Waals surface area contributed by atoms with E-state index in [1.165, 1.54) is 0 Å². The molecule has 1 aromatic heterocycles. The minimum atomic E-state index is -0.235. The molecule has 22 heavy (non-hydrogen) atoms. The number of H-pyrrole nitrogens is 1. The third-order valence-corrected chi connectivity index (χ3v) is 3.81. The molecule has 110 valence electrons. The fourth-order valence-electron chi connectivity index (χ4n) is 2.05. The molecule has 0 aliphatic carbocycles. The van der Waals surface area contributed by atoms with Crippen molar-refractivity contribution < 1.29 is 4.79 Å². The molecule has 0 spiro atoms. The van der Waals surface area contributed by atoms with Crippen LogP contribution >= 0.6 is 15.9 Å². The van der Waals surface area contributed by atoms with E-state index in [4.69, 9.17) is 0 Å². The fraction of sp³-hybridized carbons (Fsp3) is 0.0625. The number of aromatic nitrogens is 3. The molecular formula is C16H13BrN4O. The summed E-state index contributed by atoms with van der Waals surface area (Å²) in [5.74, 6) is 0.602. The van der Waals surface area contributed by atoms with Gasteiger partial charge in [-0.2, -0.15) is 4.98 Å². The largest absolute Gasteiger partial charge is 0.289 e. The van der Waals surface area contributed by atoms with Gasteiger partial charge in [-0.25, -0.2) is 0 Å². The second-order valence-corrected chi connectivity index (χ2v) is 5.67. The van der Waals surface area contributed by atoms with Crippen molar-refractivity contribution in [3.63, 3.8) is 0 Å². The Labute approximate surface area is 135 Å². The number of halogens is 1. The van der Waals surface area contributed by atoms with Gasteiger partial charge in [-0.3, -0.25) is 15.2 Å². The molecule has 0 saturated carbocycles. The first-order chi connectivity index (χ1) is 10.6. The number of nitrogens with zero attached hydrogens (tertiary/aromatic N) is 2. The number of carbonyl (C=O) groups is 1. The van der Waals surface area contributed by atoms with E-state index in [9.17, 15) is 4.79 Å². The van der Waals surface area contributed by atoms with Gasteiger partial charge in [-0.05, 0) is 25.1 Å². The van der Waals surface area contributed by atoms with Crippen LogP contribution in [0.4, 0.5) is 5.95 Å². The summed E-state index contributed by atoms with van der Waals surface area (Å²) in [7, 11) is 0. The van der Waals surface area contributed by atoms with E-state index >= 15 is 0 Å². The summed E-state index contributed by atoms with van der Waals surface area (Å²) in [6.45, 7) is 1.94. The van der Waals surface area contributed by atoms with Crippen LogP contribution in [-0.2, 0) is 0 Å². The molecule has 0 aliphatic heterocycles. The van der Waals surface area contributed by atoms with Crippen molar-refractivity contribution in [1.29, 1.82) is 0 Å². The van der Waals surface area contributed by atoms with Gasteiger partial charge in [0.15, 0.2) is 5.82 Å². The Hall–Kier alpha value is -2.47. The van der Waals surface area contributed by atoms with Gasteiger partial charge in [0.1, 0.15) is 0 Å². The van der Waals surface area contributed by atoms with Crippen LogP contribution in [0, 0.1) is 6.92 Å². The number of carbonyl (C=O) groups excluding carboxylic acids is 1. The van der Waals surface area contributed by atoms with Gasteiger partial charge in [0.2, 0.25) is 5.95 Å². The molecule has 3 rings (SSSR count). The predicted octanol–water partition coefficient (Wildman–Crippen LogP) is 3.79. The van der Waals surface area contributed by atoms with Crippen LogP contribution in [0.2, 0.25) is 0 Å². The molecule has 0 bridgehead atoms. The van der Waals surface area contributed by atoms with Crippen molar-refractivity contribution >= 4 is 27.8 Å². The van der Waals surface area contributed by atoms with E-state index in [-0.39, 0.29) is 11.9 Å². The molecule has 0 atom stereocenters. The lowest BCUT2D eigenvalue weighted by Crippen LogP contribution is -2.13. The zero-order valence-corrected chi connectivity index (χ0v) is 13.4. The number of hydrogen-bond donors (Lipinski definition) is 2. The summed E-state index contributed by atoms with van der Waals surface area (Å²) < 4.78 is 0.905. The first-order valence-electron chi connectivity index (χ1n) is 6.69. The standard InChI is InChI=1S/C16H13BrN4O/c1-10-5-4-6-11(9-10)15(22)19-16-18-14(20-21-16)12-7-2-3-8-13(12)17/h2-9H,1H3,(H2,18,19,20,21,22). The van der Waals surface area contributed by atoms with Gasteiger partial charge in [0.05, 0.1) is 0 Å². The molecule has 0 saturated heterocycles. The van der Waals surface area contributed by atoms with Gasteiger partial charge < -0.3 is 0 Å². The van der Waals surface area contributed by atoms with Gasteiger partial charge in [0, 0.05) is 15.6 Å². The lowest BCUT2D eigenvalue weighted by atomic mass is 10.1. The molecule has 5 nitrogen and oxygen atoms in total. The monoisotopic (exact) mass is 356 g/mol. The average Bonchev–Trinajstić information content (AvgIpc) is 2.96. The van der Waals surface area contributed by atoms with E-state index < -0.39 is 0 Å². The number of benzene rings is 2. The molecule has 0 aliphatic rings. The highest BCUT2D eigenvalue weighted by Gasteiger charge is 2.12. The van der Waals surface area contributed by atoms with Gasteiger partial charge in [0.25, 0.3) is 5.91 Å². The summed E-state index contributed by atoms with van der Waals surface area (Å²) in [5.41, 5.74) is 2.48. The topological polar surface area (TPSA) is 70.7 Å². The zero-order chi connectivity index (χ0) is 15.5. The van der Waals surface area contributed by atoms with Crippen LogP contribution < -0.4 is 5.32 Å². The van der Waals surface area contributed by atoms with Crippen molar-refractivity contribution in [3.05, 3.63) is 64.1 Å². The maximum Gasteiger partial charge on any atom is 0.258 e. The van der Waals surface area contributed by atoms with Crippen LogP contribution in [0.25, 0.3) is 11.4 Å². The number of aryl methyl sites for hydroxylation is 1. The van der Waals surface area contributed by atoms with Gasteiger partial charge in [-0.15, -0.1) is 5.10 Å². The molecule has 0 radical (unpaired) electrons. The van der Waals surface area contributed by atoms with Crippen LogP contribution in [0.1, 0.15) is 15.9 Å². The normalized spacial score (nSPS) is 10.5. The lowest BCUT2D eigenvalue weighted by Gasteiger charge is -2.01. The molecule has 1 amide bonds. The van der Waals surface area contributed by atoms with Gasteiger partial charge >= 0.3 is 0 Å². The molecule has 0 unspecified atom stereocenters. The summed E-state index contributed by atoms with van der Waals surface area (Å²) in [4.78, 5) is 16.5. The highest BCUT2D eigenvalue weighted by atomic mass is 79.9. The SMILES string of the molecule is Cc1cccc(C(=O)Nc2n[nH]c(-c3ccccc3Br)n2)c1. The smallest absolute Gasteiger partial charge is 0.258 e. The maximum atomic E-state index is 12.2. The Balaban J connectivity index is 1.80. The van der Waals surface area contributed by atoms with Gasteiger partial charge in [-0.1, -0.05) is 51.8 Å². The minimum absolute atomic E-state index is 0.235. The first kappa shape index (κ1) is 14.5. The second kappa shape index (κ2) is 6.11. The van der Waals surface area contributed by atoms with Crippen LogP contribution in [-0.4, -0.2) is 21.1 Å². The van der Waals surface area contributed by atoms with Crippen molar-refractivity contribution in [2.24, 2.45) is 0 Å². The summed E-state index contributed by atoms with van der Waals surface area (Å²) >= 11 is 3.46. The predicted molar refractivity (Wildman–Crippen MR) is 88.7 cm³/mol. The van der Waals surface area contributed by atoms with Crippen LogP contribution in [0.3, 0.4) is 0 Å². The Morgan fingerprint density at radius 2 is 2.00 bits per heavy atom. The number of anilines is 1. The van der Waals surface area contributed by atoms with Crippen molar-refractivity contribution in [3.8, 4) is 11.4 Å². The quantitative estimate of drug-likeness (QED) is 0.749. The zero-order valence-electron chi connectivity index (χ0n) is 11.8. The molecular weight excluding hydrogens is 344 g/mol. The van der Waals surface area contributed by atoms with Crippen LogP contribution in [0.5, 0.6) is 0 Å². The molecule has 6 heteroatoms. The molecule has 1 heterocycles. The first-order valence-corrected chi connectivity index (χ1v) is 7.48. The van der Waals surface area contributed by atoms with E-state index in [0.29, 0.717) is 11.4 Å². The molecule has 2 N–H and O–H groups in total. The summed E-state index contributed by atoms with van der Waals surface area (Å²) in [5, 5.41) is 9.55. The molecule has 0 fully saturated rings. The molecule has 3 aromatic rings. The third-order valence-electron chi connectivity index (χ3n) is 3.12. The third kappa shape index (κ3) is 3.07. The number of amides is 1. The van der Waals surface area contributed by atoms with E-state index in [0.717, 1.165) is 15.6 Å². The second-order valence-electron chi connectivity index (χ2n) is 4.81. The Bertz CT molecular complexity index is 828. The van der Waals surface area contributed by atoms with E-state index in [2.05, 4.69) is 36.4 Å². The van der Waals surface area contributed by atoms with E-state index in [1.54, 1.807) is 6.07 Å². The highest BCUT2D eigenvalue weighted by Crippen LogP contribution is 2.25. The fourth-order valence-corrected chi connectivity index (χ4v) is 2.52. The van der Waals surface area contributed by atoms with Crippen molar-refractivity contribution in [2.45, 2.75) is 6.92 Å². The number of rotatable bonds is 3. The Morgan fingerprint density at radius 1 is 1.18 bits per heavy atom. The van der Waals surface area contributed by atoms with Crippen molar-refractivity contribution in [1.82, 2.24) is 15.2 Å². The number of nitrogens with one attached hydrogen (secondary N) is 2. The highest BCUT2D eigenvalue weighted by molar-refractivity contribution is 9.10. The molecule has 2 aromatic carbocycles. The Morgan fingerprint density at radius 3 is 2.77 bits per heavy atom. The lowest BCUT2D eigenvalue weighted by molar-refractivity contribution is 0.102. The van der Waals surface area contributed by atoms with Crippen molar-refractivity contribution in [2.75, 3.05) is 5.32 Å². The Kier molecular flexibility index (Phi) is 4.02. The number of aromatic amines is 1. The summed E-state index contributed by atoms with van der Waals surface area (Å²) in [6, 6.07) is 15.0. The van der Waals surface area contributed by atoms with Crippen LogP contribution in [0.15, 0.2) is 53.0 Å². The minimum Gasteiger partial charge on any atom is -0.289 e. The maximum absolute atomic E-state index is 12.2. The average molecular weight is 357 g/mol. The number of hydrogen-bond acceptors (Lipinski definition) is 3. The van der Waals surface area contributed by atoms with E-state index in [1.807, 2.05) is 49.4 Å².